The first-order valence-corrected chi connectivity index (χ1v) is 26.9. The third kappa shape index (κ3) is 14.3. The maximum atomic E-state index is 9.61. The van der Waals surface area contributed by atoms with E-state index in [1.165, 1.54) is 0 Å². The molecule has 3 aromatic heterocycles. The molecule has 0 bridgehead atoms. The van der Waals surface area contributed by atoms with Crippen LogP contribution in [0.2, 0.25) is 15.1 Å². The number of fused-ring (bicyclic) bond motifs is 1. The molecule has 0 atom stereocenters. The molecular formula is C63H53BrCl3N9O4. The average molecular weight is 1190 g/mol. The fourth-order valence-electron chi connectivity index (χ4n) is 8.46. The van der Waals surface area contributed by atoms with E-state index < -0.39 is 0 Å². The maximum Gasteiger partial charge on any atom is 0.213 e. The van der Waals surface area contributed by atoms with Crippen molar-refractivity contribution < 1.29 is 20.4 Å². The van der Waals surface area contributed by atoms with Gasteiger partial charge in [-0.05, 0) is 145 Å². The number of anilines is 6. The van der Waals surface area contributed by atoms with Gasteiger partial charge < -0.3 is 36.3 Å². The summed E-state index contributed by atoms with van der Waals surface area (Å²) in [7, 11) is 0. The quantitative estimate of drug-likeness (QED) is 0.0348. The molecule has 0 spiro atoms. The van der Waals surface area contributed by atoms with Crippen molar-refractivity contribution >= 4 is 113 Å². The Balaban J connectivity index is 0.000000158. The van der Waals surface area contributed by atoms with Crippen molar-refractivity contribution in [2.75, 3.05) is 22.6 Å². The SMILES string of the molecule is CCOc1ccc(Nc2ccc(C(=NO)c3ccccc3C)c(Cl)c2)cn1.Cc1ccccc1C(=NO)c1ccc(Nc2cccc3cccnc23)cc1Cl.Cc1ccccc1C(=NO)c1ccc(Nc2ncccc2Br)cc1Cl. The van der Waals surface area contributed by atoms with Gasteiger partial charge in [-0.15, -0.1) is 0 Å². The molecule has 0 unspecified atom stereocenters. The summed E-state index contributed by atoms with van der Waals surface area (Å²) in [5.41, 5.74) is 13.8. The smallest absolute Gasteiger partial charge is 0.213 e. The van der Waals surface area contributed by atoms with Gasteiger partial charge in [-0.1, -0.05) is 141 Å². The second kappa shape index (κ2) is 27.7. The molecule has 7 aromatic carbocycles. The van der Waals surface area contributed by atoms with Crippen LogP contribution in [-0.4, -0.2) is 54.3 Å². The summed E-state index contributed by atoms with van der Waals surface area (Å²) in [6.45, 7) is 8.38. The van der Waals surface area contributed by atoms with Crippen molar-refractivity contribution in [3.05, 3.63) is 270 Å². The molecular weight excluding hydrogens is 1130 g/mol. The highest BCUT2D eigenvalue weighted by Gasteiger charge is 2.18. The van der Waals surface area contributed by atoms with Gasteiger partial charge in [0, 0.05) is 74.3 Å². The van der Waals surface area contributed by atoms with Crippen LogP contribution in [0.15, 0.2) is 221 Å². The van der Waals surface area contributed by atoms with Crippen LogP contribution in [0.5, 0.6) is 5.88 Å². The van der Waals surface area contributed by atoms with E-state index in [2.05, 4.69) is 62.3 Å². The van der Waals surface area contributed by atoms with Crippen LogP contribution >= 0.6 is 50.7 Å². The van der Waals surface area contributed by atoms with Crippen LogP contribution in [-0.2, 0) is 0 Å². The van der Waals surface area contributed by atoms with Crippen molar-refractivity contribution in [3.63, 3.8) is 0 Å². The first-order valence-electron chi connectivity index (χ1n) is 25.0. The number of halogens is 4. The first-order chi connectivity index (χ1) is 38.9. The summed E-state index contributed by atoms with van der Waals surface area (Å²) in [5.74, 6) is 1.28. The number of aryl methyl sites for hydroxylation is 3. The highest BCUT2D eigenvalue weighted by molar-refractivity contribution is 9.10. The predicted molar refractivity (Wildman–Crippen MR) is 329 cm³/mol. The van der Waals surface area contributed by atoms with E-state index in [0.29, 0.717) is 67.2 Å². The molecule has 6 N–H and O–H groups in total. The van der Waals surface area contributed by atoms with E-state index in [1.807, 2.05) is 191 Å². The molecule has 0 radical (unpaired) electrons. The van der Waals surface area contributed by atoms with Crippen LogP contribution < -0.4 is 20.7 Å². The third-order valence-electron chi connectivity index (χ3n) is 12.4. The summed E-state index contributed by atoms with van der Waals surface area (Å²) < 4.78 is 6.19. The Morgan fingerprint density at radius 2 is 0.925 bits per heavy atom. The number of hydrogen-bond acceptors (Lipinski definition) is 13. The number of hydrogen-bond donors (Lipinski definition) is 6. The average Bonchev–Trinajstić information content (AvgIpc) is 3.49. The second-order valence-electron chi connectivity index (χ2n) is 17.8. The largest absolute Gasteiger partial charge is 0.478 e. The number of benzene rings is 7. The number of ether oxygens (including phenoxy) is 1. The number of pyridine rings is 3. The lowest BCUT2D eigenvalue weighted by Crippen LogP contribution is -2.06. The van der Waals surface area contributed by atoms with E-state index in [4.69, 9.17) is 39.5 Å². The van der Waals surface area contributed by atoms with Gasteiger partial charge in [0.2, 0.25) is 5.88 Å². The number of rotatable bonds is 14. The highest BCUT2D eigenvalue weighted by atomic mass is 79.9. The summed E-state index contributed by atoms with van der Waals surface area (Å²) >= 11 is 22.9. The maximum absolute atomic E-state index is 9.61. The standard InChI is InChI=1S/C23H18ClN3O.C21H20ClN3O2.C19H15BrClN3O/c1-15-6-2-3-9-18(15)23(27-28)19-12-11-17(14-20(19)24)26-21-10-4-7-16-8-5-13-25-22(16)21;1-3-27-20-11-9-16(13-23-20)24-15-8-10-18(19(22)12-15)21(25-26)17-7-5-4-6-14(17)2;1-12-5-2-3-6-14(12)18(24-25)15-9-8-13(11-17(15)21)23-19-16(20)7-4-10-22-19/h2-14,26,28H,1H3;4-13,24,26H,3H2,1-2H3;2-11,25H,1H3,(H,22,23). The van der Waals surface area contributed by atoms with Gasteiger partial charge in [-0.2, -0.15) is 0 Å². The summed E-state index contributed by atoms with van der Waals surface area (Å²) in [4.78, 5) is 13.0. The Labute approximate surface area is 487 Å². The molecule has 0 aliphatic rings. The molecule has 0 aliphatic heterocycles. The lowest BCUT2D eigenvalue weighted by atomic mass is 9.98. The highest BCUT2D eigenvalue weighted by Crippen LogP contribution is 2.32. The topological polar surface area (TPSA) is 182 Å². The minimum atomic E-state index is 0.437. The Morgan fingerprint density at radius 1 is 0.475 bits per heavy atom. The minimum absolute atomic E-state index is 0.437. The van der Waals surface area contributed by atoms with Gasteiger partial charge in [-0.25, -0.2) is 9.97 Å². The number of para-hydroxylation sites is 1. The minimum Gasteiger partial charge on any atom is -0.478 e. The van der Waals surface area contributed by atoms with Crippen LogP contribution in [0.1, 0.15) is 57.0 Å². The van der Waals surface area contributed by atoms with Gasteiger partial charge in [0.1, 0.15) is 23.0 Å². The molecule has 0 amide bonds. The monoisotopic (exact) mass is 1180 g/mol. The van der Waals surface area contributed by atoms with E-state index in [9.17, 15) is 15.6 Å². The molecule has 0 aliphatic carbocycles. The predicted octanol–water partition coefficient (Wildman–Crippen LogP) is 17.4. The lowest BCUT2D eigenvalue weighted by Gasteiger charge is -2.13. The number of oxime groups is 3. The van der Waals surface area contributed by atoms with Crippen molar-refractivity contribution in [2.24, 2.45) is 15.5 Å². The molecule has 0 saturated heterocycles. The second-order valence-corrected chi connectivity index (χ2v) is 19.9. The number of nitrogens with zero attached hydrogens (tertiary/aromatic N) is 6. The van der Waals surface area contributed by atoms with Crippen LogP contribution in [0, 0.1) is 20.8 Å². The lowest BCUT2D eigenvalue weighted by molar-refractivity contribution is 0.319. The first kappa shape index (κ1) is 57.4. The molecule has 80 heavy (non-hydrogen) atoms. The molecule has 10 aromatic rings. The molecule has 13 nitrogen and oxygen atoms in total. The molecule has 3 heterocycles. The molecule has 10 rings (SSSR count). The molecule has 17 heteroatoms. The zero-order valence-corrected chi connectivity index (χ0v) is 47.6. The van der Waals surface area contributed by atoms with E-state index in [0.717, 1.165) is 77.2 Å². The van der Waals surface area contributed by atoms with E-state index in [1.54, 1.807) is 36.8 Å². The van der Waals surface area contributed by atoms with Crippen molar-refractivity contribution in [3.8, 4) is 5.88 Å². The van der Waals surface area contributed by atoms with Gasteiger partial charge >= 0.3 is 0 Å². The fourth-order valence-corrected chi connectivity index (χ4v) is 9.62. The Kier molecular flexibility index (Phi) is 19.9. The molecule has 402 valence electrons. The normalized spacial score (nSPS) is 11.4. The zero-order valence-electron chi connectivity index (χ0n) is 43.7. The fraction of sp³-hybridized carbons (Fsp3) is 0.0794. The van der Waals surface area contributed by atoms with E-state index in [-0.39, 0.29) is 0 Å². The van der Waals surface area contributed by atoms with Crippen molar-refractivity contribution in [1.29, 1.82) is 0 Å². The number of nitrogens with one attached hydrogen (secondary N) is 3. The third-order valence-corrected chi connectivity index (χ3v) is 14.0. The van der Waals surface area contributed by atoms with Gasteiger partial charge in [0.05, 0.1) is 49.2 Å². The van der Waals surface area contributed by atoms with E-state index >= 15 is 0 Å². The molecule has 0 fully saturated rings. The zero-order chi connectivity index (χ0) is 56.5. The van der Waals surface area contributed by atoms with Crippen molar-refractivity contribution in [2.45, 2.75) is 27.7 Å². The van der Waals surface area contributed by atoms with Gasteiger partial charge in [-0.3, -0.25) is 4.98 Å². The summed E-state index contributed by atoms with van der Waals surface area (Å²) in [6, 6.07) is 57.0. The Morgan fingerprint density at radius 3 is 1.38 bits per heavy atom. The van der Waals surface area contributed by atoms with Crippen LogP contribution in [0.3, 0.4) is 0 Å². The van der Waals surface area contributed by atoms with Gasteiger partial charge in [0.15, 0.2) is 0 Å². The van der Waals surface area contributed by atoms with Crippen LogP contribution in [0.4, 0.5) is 34.3 Å². The van der Waals surface area contributed by atoms with Crippen LogP contribution in [0.25, 0.3) is 10.9 Å². The summed E-state index contributed by atoms with van der Waals surface area (Å²) in [6.07, 6.45) is 5.17. The van der Waals surface area contributed by atoms with Crippen molar-refractivity contribution in [1.82, 2.24) is 15.0 Å². The summed E-state index contributed by atoms with van der Waals surface area (Å²) in [5, 5.41) is 51.5. The Hall–Kier alpha value is -8.79. The Bertz CT molecular complexity index is 3880. The molecule has 0 saturated carbocycles. The van der Waals surface area contributed by atoms with Gasteiger partial charge in [0.25, 0.3) is 0 Å². The number of aromatic nitrogens is 3.